The van der Waals surface area contributed by atoms with Crippen LogP contribution in [0.4, 0.5) is 0 Å². The molecule has 0 radical (unpaired) electrons. The second-order valence-electron chi connectivity index (χ2n) is 7.54. The molecule has 4 rings (SSSR count). The van der Waals surface area contributed by atoms with Crippen molar-refractivity contribution >= 4 is 0 Å². The Bertz CT molecular complexity index is 738. The lowest BCUT2D eigenvalue weighted by Gasteiger charge is -2.26. The number of benzene rings is 1. The molecule has 0 aliphatic carbocycles. The van der Waals surface area contributed by atoms with Gasteiger partial charge in [0.25, 0.3) is 0 Å². The molecule has 0 spiro atoms. The van der Waals surface area contributed by atoms with E-state index < -0.39 is 0 Å². The van der Waals surface area contributed by atoms with Gasteiger partial charge in [-0.15, -0.1) is 0 Å². The van der Waals surface area contributed by atoms with Crippen LogP contribution in [0.25, 0.3) is 0 Å². The van der Waals surface area contributed by atoms with Crippen molar-refractivity contribution in [2.45, 2.75) is 51.8 Å². The zero-order chi connectivity index (χ0) is 18.6. The molecule has 1 saturated heterocycles. The van der Waals surface area contributed by atoms with E-state index in [9.17, 15) is 0 Å². The van der Waals surface area contributed by atoms with Crippen LogP contribution in [-0.2, 0) is 13.0 Å². The Labute approximate surface area is 161 Å². The van der Waals surface area contributed by atoms with Crippen LogP contribution in [0.5, 0.6) is 11.5 Å². The largest absolute Gasteiger partial charge is 0.494 e. The maximum absolute atomic E-state index is 5.94. The van der Waals surface area contributed by atoms with Gasteiger partial charge in [-0.05, 0) is 64.0 Å². The fourth-order valence-electron chi connectivity index (χ4n) is 4.20. The van der Waals surface area contributed by atoms with Crippen molar-refractivity contribution in [3.8, 4) is 11.5 Å². The lowest BCUT2D eigenvalue weighted by atomic mass is 10.1. The molecule has 27 heavy (non-hydrogen) atoms. The van der Waals surface area contributed by atoms with Crippen LogP contribution in [-0.4, -0.2) is 37.2 Å². The Morgan fingerprint density at radius 1 is 1.30 bits per heavy atom. The molecule has 1 fully saturated rings. The van der Waals surface area contributed by atoms with Crippen LogP contribution < -0.4 is 14.8 Å². The summed E-state index contributed by atoms with van der Waals surface area (Å²) in [5, 5.41) is 3.63. The minimum absolute atomic E-state index is 0.246. The number of likely N-dealkylation sites (tertiary alicyclic amines) is 1. The predicted molar refractivity (Wildman–Crippen MR) is 105 cm³/mol. The average molecular weight is 370 g/mol. The summed E-state index contributed by atoms with van der Waals surface area (Å²) < 4.78 is 17.6. The molecule has 0 amide bonds. The fourth-order valence-corrected chi connectivity index (χ4v) is 4.20. The first kappa shape index (κ1) is 18.4. The van der Waals surface area contributed by atoms with Gasteiger partial charge in [0, 0.05) is 30.6 Å². The van der Waals surface area contributed by atoms with Gasteiger partial charge in [0.2, 0.25) is 0 Å². The van der Waals surface area contributed by atoms with E-state index in [1.165, 1.54) is 18.4 Å². The van der Waals surface area contributed by atoms with Crippen LogP contribution in [0.2, 0.25) is 0 Å². The highest BCUT2D eigenvalue weighted by molar-refractivity contribution is 5.48. The Morgan fingerprint density at radius 3 is 2.89 bits per heavy atom. The molecular formula is C22H30N2O3. The van der Waals surface area contributed by atoms with Crippen molar-refractivity contribution in [3.05, 3.63) is 47.4 Å². The van der Waals surface area contributed by atoms with Gasteiger partial charge in [-0.3, -0.25) is 4.90 Å². The summed E-state index contributed by atoms with van der Waals surface area (Å²) in [6, 6.07) is 8.65. The zero-order valence-corrected chi connectivity index (χ0v) is 16.4. The molecule has 2 aliphatic heterocycles. The van der Waals surface area contributed by atoms with E-state index in [1.54, 1.807) is 6.26 Å². The first-order valence-corrected chi connectivity index (χ1v) is 10.2. The number of furan rings is 1. The molecule has 2 aliphatic rings. The third-order valence-electron chi connectivity index (χ3n) is 5.49. The third kappa shape index (κ3) is 4.14. The van der Waals surface area contributed by atoms with E-state index in [0.717, 1.165) is 55.4 Å². The number of ether oxygens (including phenoxy) is 2. The highest BCUT2D eigenvalue weighted by Gasteiger charge is 2.26. The minimum Gasteiger partial charge on any atom is -0.494 e. The molecule has 2 aromatic rings. The molecule has 5 nitrogen and oxygen atoms in total. The lowest BCUT2D eigenvalue weighted by Crippen LogP contribution is -2.33. The van der Waals surface area contributed by atoms with Crippen molar-refractivity contribution in [1.82, 2.24) is 10.2 Å². The van der Waals surface area contributed by atoms with Crippen LogP contribution in [0, 0.1) is 0 Å². The summed E-state index contributed by atoms with van der Waals surface area (Å²) in [6.07, 6.45) is 5.51. The van der Waals surface area contributed by atoms with Gasteiger partial charge in [-0.25, -0.2) is 0 Å². The van der Waals surface area contributed by atoms with Crippen molar-refractivity contribution in [3.63, 3.8) is 0 Å². The van der Waals surface area contributed by atoms with Crippen LogP contribution in [0.1, 0.15) is 49.6 Å². The van der Waals surface area contributed by atoms with E-state index in [-0.39, 0.29) is 12.1 Å². The van der Waals surface area contributed by atoms with E-state index in [2.05, 4.69) is 35.3 Å². The summed E-state index contributed by atoms with van der Waals surface area (Å²) >= 11 is 0. The Hall–Kier alpha value is -1.98. The summed E-state index contributed by atoms with van der Waals surface area (Å²) in [4.78, 5) is 2.52. The monoisotopic (exact) mass is 370 g/mol. The van der Waals surface area contributed by atoms with Gasteiger partial charge < -0.3 is 19.2 Å². The van der Waals surface area contributed by atoms with Gasteiger partial charge in [0.15, 0.2) is 0 Å². The van der Waals surface area contributed by atoms with Crippen molar-refractivity contribution < 1.29 is 13.9 Å². The Balaban J connectivity index is 1.45. The van der Waals surface area contributed by atoms with Crippen molar-refractivity contribution in [2.75, 3.05) is 26.2 Å². The topological polar surface area (TPSA) is 46.9 Å². The van der Waals surface area contributed by atoms with Gasteiger partial charge in [-0.1, -0.05) is 0 Å². The van der Waals surface area contributed by atoms with Crippen LogP contribution >= 0.6 is 0 Å². The Morgan fingerprint density at radius 2 is 2.15 bits per heavy atom. The molecule has 1 aromatic heterocycles. The number of hydrogen-bond acceptors (Lipinski definition) is 5. The molecule has 5 heteroatoms. The van der Waals surface area contributed by atoms with Crippen LogP contribution in [0.3, 0.4) is 0 Å². The van der Waals surface area contributed by atoms with E-state index in [0.29, 0.717) is 6.61 Å². The van der Waals surface area contributed by atoms with E-state index in [1.807, 2.05) is 13.0 Å². The van der Waals surface area contributed by atoms with Crippen molar-refractivity contribution in [2.24, 2.45) is 0 Å². The maximum Gasteiger partial charge on any atom is 0.124 e. The Kier molecular flexibility index (Phi) is 5.69. The number of hydrogen-bond donors (Lipinski definition) is 1. The summed E-state index contributed by atoms with van der Waals surface area (Å²) in [7, 11) is 0. The highest BCUT2D eigenvalue weighted by atomic mass is 16.5. The molecular weight excluding hydrogens is 340 g/mol. The number of nitrogens with one attached hydrogen (secondary N) is 1. The molecule has 0 unspecified atom stereocenters. The molecule has 1 N–H and O–H groups in total. The van der Waals surface area contributed by atoms with Crippen molar-refractivity contribution in [1.29, 1.82) is 0 Å². The first-order chi connectivity index (χ1) is 13.2. The molecule has 3 heterocycles. The third-order valence-corrected chi connectivity index (χ3v) is 5.49. The standard InChI is InChI=1S/C22H30N2O3/c1-3-25-21-12-17-11-16(2)27-22(17)13-18(21)14-23-15-19(20-7-6-10-26-20)24-8-4-5-9-24/h6-7,10,12-13,16,19,23H,3-5,8-9,11,14-15H2,1-2H3/t16-,19-/m1/s1. The zero-order valence-electron chi connectivity index (χ0n) is 16.4. The van der Waals surface area contributed by atoms with Gasteiger partial charge in [-0.2, -0.15) is 0 Å². The molecule has 2 atom stereocenters. The van der Waals surface area contributed by atoms with Crippen LogP contribution in [0.15, 0.2) is 34.9 Å². The van der Waals surface area contributed by atoms with Gasteiger partial charge in [0.1, 0.15) is 23.4 Å². The smallest absolute Gasteiger partial charge is 0.124 e. The second kappa shape index (κ2) is 8.36. The summed E-state index contributed by atoms with van der Waals surface area (Å²) in [5.74, 6) is 3.02. The summed E-state index contributed by atoms with van der Waals surface area (Å²) in [5.41, 5.74) is 2.41. The second-order valence-corrected chi connectivity index (χ2v) is 7.54. The van der Waals surface area contributed by atoms with Gasteiger partial charge in [0.05, 0.1) is 18.9 Å². The SMILES string of the molecule is CCOc1cc2c(cc1CNC[C@H](c1ccco1)N1CCCC1)O[C@H](C)C2. The molecule has 0 saturated carbocycles. The molecule has 0 bridgehead atoms. The predicted octanol–water partition coefficient (Wildman–Crippen LogP) is 3.93. The summed E-state index contributed by atoms with van der Waals surface area (Å²) in [6.45, 7) is 8.71. The van der Waals surface area contributed by atoms with Gasteiger partial charge >= 0.3 is 0 Å². The average Bonchev–Trinajstić information content (AvgIpc) is 3.40. The number of rotatable bonds is 8. The number of nitrogens with zero attached hydrogens (tertiary/aromatic N) is 1. The van der Waals surface area contributed by atoms with E-state index in [4.69, 9.17) is 13.9 Å². The minimum atomic E-state index is 0.246. The van der Waals surface area contributed by atoms with E-state index >= 15 is 0 Å². The quantitative estimate of drug-likeness (QED) is 0.763. The molecule has 146 valence electrons. The first-order valence-electron chi connectivity index (χ1n) is 10.2. The highest BCUT2D eigenvalue weighted by Crippen LogP contribution is 2.35. The molecule has 1 aromatic carbocycles. The lowest BCUT2D eigenvalue weighted by molar-refractivity contribution is 0.209. The maximum atomic E-state index is 5.94. The fraction of sp³-hybridized carbons (Fsp3) is 0.545. The normalized spacial score (nSPS) is 20.4. The number of fused-ring (bicyclic) bond motifs is 1.